The van der Waals surface area contributed by atoms with Crippen molar-refractivity contribution in [2.24, 2.45) is 0 Å². The van der Waals surface area contributed by atoms with E-state index < -0.39 is 6.10 Å². The number of esters is 3. The molecule has 402 valence electrons. The molecule has 0 N–H and O–H groups in total. The summed E-state index contributed by atoms with van der Waals surface area (Å²) in [5.41, 5.74) is 0. The minimum atomic E-state index is -0.763. The first-order valence-electron chi connectivity index (χ1n) is 30.7. The van der Waals surface area contributed by atoms with E-state index >= 15 is 0 Å². The Morgan fingerprint density at radius 3 is 0.735 bits per heavy atom. The molecule has 6 nitrogen and oxygen atoms in total. The Kier molecular flexibility index (Phi) is 56.2. The molecule has 0 bridgehead atoms. The lowest BCUT2D eigenvalue weighted by molar-refractivity contribution is -0.167. The Bertz CT molecular complexity index is 1060. The topological polar surface area (TPSA) is 78.9 Å². The molecule has 1 unspecified atom stereocenters. The molecule has 0 rings (SSSR count). The number of ether oxygens (including phenoxy) is 3. The van der Waals surface area contributed by atoms with Gasteiger partial charge in [-0.05, 0) is 44.9 Å². The van der Waals surface area contributed by atoms with Crippen LogP contribution in [0.4, 0.5) is 0 Å². The van der Waals surface area contributed by atoms with Crippen LogP contribution in [0.15, 0.2) is 12.2 Å². The van der Waals surface area contributed by atoms with Crippen LogP contribution >= 0.6 is 0 Å². The highest BCUT2D eigenvalue weighted by Gasteiger charge is 2.19. The molecule has 0 aromatic carbocycles. The second-order valence-electron chi connectivity index (χ2n) is 21.0. The third-order valence-electron chi connectivity index (χ3n) is 14.0. The van der Waals surface area contributed by atoms with Gasteiger partial charge in [0.05, 0.1) is 0 Å². The summed E-state index contributed by atoms with van der Waals surface area (Å²) < 4.78 is 16.8. The molecule has 0 saturated heterocycles. The van der Waals surface area contributed by atoms with Gasteiger partial charge in [-0.2, -0.15) is 0 Å². The molecule has 0 amide bonds. The highest BCUT2D eigenvalue weighted by molar-refractivity contribution is 5.71. The summed E-state index contributed by atoms with van der Waals surface area (Å²) in [6, 6.07) is 0. The van der Waals surface area contributed by atoms with Gasteiger partial charge < -0.3 is 14.2 Å². The fourth-order valence-electron chi connectivity index (χ4n) is 9.38. The average molecular weight is 960 g/mol. The van der Waals surface area contributed by atoms with Crippen molar-refractivity contribution < 1.29 is 28.6 Å². The van der Waals surface area contributed by atoms with Crippen molar-refractivity contribution in [3.63, 3.8) is 0 Å². The minimum Gasteiger partial charge on any atom is -0.462 e. The lowest BCUT2D eigenvalue weighted by atomic mass is 10.0. The van der Waals surface area contributed by atoms with Gasteiger partial charge >= 0.3 is 17.9 Å². The van der Waals surface area contributed by atoms with Gasteiger partial charge in [-0.1, -0.05) is 296 Å². The zero-order chi connectivity index (χ0) is 49.3. The van der Waals surface area contributed by atoms with E-state index in [-0.39, 0.29) is 31.1 Å². The Hall–Kier alpha value is -1.85. The molecule has 0 saturated carbocycles. The lowest BCUT2D eigenvalue weighted by Gasteiger charge is -2.18. The molecule has 0 aliphatic carbocycles. The predicted molar refractivity (Wildman–Crippen MR) is 293 cm³/mol. The summed E-state index contributed by atoms with van der Waals surface area (Å²) in [4.78, 5) is 37.9. The zero-order valence-electron chi connectivity index (χ0n) is 46.2. The molecule has 0 aliphatic rings. The minimum absolute atomic E-state index is 0.0657. The SMILES string of the molecule is CCCCCCCCCC/C=C\CCCCCCCCCCCCCC(=O)OCC(COC(=O)CCCCCCC)OC(=O)CCCCCCCCCCCCCCCCCCCCCCCC. The first kappa shape index (κ1) is 66.2. The van der Waals surface area contributed by atoms with Crippen LogP contribution in [-0.4, -0.2) is 37.2 Å². The summed E-state index contributed by atoms with van der Waals surface area (Å²) in [7, 11) is 0. The summed E-state index contributed by atoms with van der Waals surface area (Å²) in [6.07, 6.45) is 66.9. The van der Waals surface area contributed by atoms with Crippen molar-refractivity contribution in [3.05, 3.63) is 12.2 Å². The first-order valence-corrected chi connectivity index (χ1v) is 30.7. The van der Waals surface area contributed by atoms with Gasteiger partial charge in [0.2, 0.25) is 0 Å². The third kappa shape index (κ3) is 55.1. The second-order valence-corrected chi connectivity index (χ2v) is 21.0. The third-order valence-corrected chi connectivity index (χ3v) is 14.0. The van der Waals surface area contributed by atoms with Crippen molar-refractivity contribution in [2.45, 2.75) is 354 Å². The Balaban J connectivity index is 4.00. The van der Waals surface area contributed by atoms with Crippen LogP contribution in [0.2, 0.25) is 0 Å². The molecule has 0 heterocycles. The van der Waals surface area contributed by atoms with E-state index in [4.69, 9.17) is 14.2 Å². The van der Waals surface area contributed by atoms with Crippen molar-refractivity contribution in [1.29, 1.82) is 0 Å². The molecule has 0 aromatic rings. The summed E-state index contributed by atoms with van der Waals surface area (Å²) >= 11 is 0. The van der Waals surface area contributed by atoms with Crippen molar-refractivity contribution in [2.75, 3.05) is 13.2 Å². The van der Waals surface area contributed by atoms with Gasteiger partial charge in [-0.3, -0.25) is 14.4 Å². The van der Waals surface area contributed by atoms with Crippen LogP contribution < -0.4 is 0 Å². The van der Waals surface area contributed by atoms with Crippen LogP contribution in [-0.2, 0) is 28.6 Å². The van der Waals surface area contributed by atoms with Gasteiger partial charge in [0.15, 0.2) is 6.10 Å². The molecule has 1 atom stereocenters. The first-order chi connectivity index (χ1) is 33.5. The van der Waals surface area contributed by atoms with E-state index in [0.29, 0.717) is 19.3 Å². The van der Waals surface area contributed by atoms with E-state index in [0.717, 1.165) is 64.2 Å². The maximum absolute atomic E-state index is 12.8. The number of hydrogen-bond acceptors (Lipinski definition) is 6. The van der Waals surface area contributed by atoms with Gasteiger partial charge in [0.25, 0.3) is 0 Å². The standard InChI is InChI=1S/C62H118O6/c1-4-7-10-13-15-17-19-21-23-25-27-29-31-33-34-36-38-40-42-44-46-49-52-55-61(64)67-58-59(57-66-60(63)54-51-48-12-9-6-3)68-62(65)56-53-50-47-45-43-41-39-37-35-32-30-28-26-24-22-20-18-16-14-11-8-5-2/h25,27,59H,4-24,26,28-58H2,1-3H3/b27-25-. The second kappa shape index (κ2) is 57.7. The summed E-state index contributed by atoms with van der Waals surface area (Å²) in [5, 5.41) is 0. The van der Waals surface area contributed by atoms with Gasteiger partial charge in [-0.25, -0.2) is 0 Å². The predicted octanol–water partition coefficient (Wildman–Crippen LogP) is 20.5. The average Bonchev–Trinajstić information content (AvgIpc) is 3.34. The molecule has 0 aromatic heterocycles. The molecular formula is C62H118O6. The largest absolute Gasteiger partial charge is 0.462 e. The fourth-order valence-corrected chi connectivity index (χ4v) is 9.38. The van der Waals surface area contributed by atoms with Crippen LogP contribution in [0, 0.1) is 0 Å². The van der Waals surface area contributed by atoms with Crippen molar-refractivity contribution >= 4 is 17.9 Å². The number of unbranched alkanes of at least 4 members (excludes halogenated alkanes) is 44. The van der Waals surface area contributed by atoms with Crippen molar-refractivity contribution in [3.8, 4) is 0 Å². The van der Waals surface area contributed by atoms with Crippen molar-refractivity contribution in [1.82, 2.24) is 0 Å². The Morgan fingerprint density at radius 2 is 0.485 bits per heavy atom. The van der Waals surface area contributed by atoms with E-state index in [1.54, 1.807) is 0 Å². The van der Waals surface area contributed by atoms with Crippen LogP contribution in [0.1, 0.15) is 348 Å². The van der Waals surface area contributed by atoms with Crippen LogP contribution in [0.3, 0.4) is 0 Å². The number of hydrogen-bond donors (Lipinski definition) is 0. The highest BCUT2D eigenvalue weighted by Crippen LogP contribution is 2.18. The highest BCUT2D eigenvalue weighted by atomic mass is 16.6. The van der Waals surface area contributed by atoms with E-state index in [1.807, 2.05) is 0 Å². The molecule has 68 heavy (non-hydrogen) atoms. The quantitative estimate of drug-likeness (QED) is 0.0262. The Labute approximate surface area is 424 Å². The van der Waals surface area contributed by atoms with E-state index in [9.17, 15) is 14.4 Å². The van der Waals surface area contributed by atoms with E-state index in [2.05, 4.69) is 32.9 Å². The number of carbonyl (C=O) groups excluding carboxylic acids is 3. The molecule has 0 aliphatic heterocycles. The maximum Gasteiger partial charge on any atom is 0.306 e. The molecule has 0 fully saturated rings. The van der Waals surface area contributed by atoms with E-state index in [1.165, 1.54) is 244 Å². The van der Waals surface area contributed by atoms with Crippen LogP contribution in [0.5, 0.6) is 0 Å². The summed E-state index contributed by atoms with van der Waals surface area (Å²) in [6.45, 7) is 6.62. The Morgan fingerprint density at radius 1 is 0.279 bits per heavy atom. The zero-order valence-corrected chi connectivity index (χ0v) is 46.2. The van der Waals surface area contributed by atoms with Crippen LogP contribution in [0.25, 0.3) is 0 Å². The normalized spacial score (nSPS) is 12.0. The van der Waals surface area contributed by atoms with Gasteiger partial charge in [0.1, 0.15) is 13.2 Å². The maximum atomic E-state index is 12.8. The molecule has 0 radical (unpaired) electrons. The smallest absolute Gasteiger partial charge is 0.306 e. The van der Waals surface area contributed by atoms with Gasteiger partial charge in [-0.15, -0.1) is 0 Å². The molecule has 0 spiro atoms. The molecule has 6 heteroatoms. The fraction of sp³-hybridized carbons (Fsp3) is 0.919. The number of carbonyl (C=O) groups is 3. The van der Waals surface area contributed by atoms with Gasteiger partial charge in [0, 0.05) is 19.3 Å². The summed E-state index contributed by atoms with van der Waals surface area (Å²) in [5.74, 6) is -0.856. The monoisotopic (exact) mass is 959 g/mol. The number of rotatable bonds is 57. The lowest BCUT2D eigenvalue weighted by Crippen LogP contribution is -2.30. The number of allylic oxidation sites excluding steroid dienone is 2. The molecular weight excluding hydrogens is 841 g/mol.